The average molecular weight is 445 g/mol. The van der Waals surface area contributed by atoms with Crippen molar-refractivity contribution < 1.29 is 4.79 Å². The molecule has 1 fully saturated rings. The summed E-state index contributed by atoms with van der Waals surface area (Å²) in [6.45, 7) is 3.75. The van der Waals surface area contributed by atoms with E-state index < -0.39 is 0 Å². The molecule has 2 aliphatic heterocycles. The van der Waals surface area contributed by atoms with Crippen molar-refractivity contribution >= 4 is 23.9 Å². The number of hydrogen-bond acceptors (Lipinski definition) is 2. The number of piperidine rings is 1. The minimum atomic E-state index is 0. The summed E-state index contributed by atoms with van der Waals surface area (Å²) in [5.41, 5.74) is 5.86. The normalized spacial score (nSPS) is 16.4. The predicted octanol–water partition coefficient (Wildman–Crippen LogP) is 5.66. The summed E-state index contributed by atoms with van der Waals surface area (Å²) < 4.78 is 0. The summed E-state index contributed by atoms with van der Waals surface area (Å²) in [6, 6.07) is 29.7. The largest absolute Gasteiger partial charge is 0.331 e. The Bertz CT molecular complexity index is 1030. The van der Waals surface area contributed by atoms with Crippen molar-refractivity contribution in [2.75, 3.05) is 19.6 Å². The first-order valence-corrected chi connectivity index (χ1v) is 11.2. The summed E-state index contributed by atoms with van der Waals surface area (Å²) in [7, 11) is 0. The molecule has 0 spiro atoms. The molecule has 3 aromatic carbocycles. The van der Waals surface area contributed by atoms with E-state index in [-0.39, 0.29) is 18.3 Å². The number of carbonyl (C=O) groups excluding carboxylic acids is 1. The van der Waals surface area contributed by atoms with Gasteiger partial charge in [-0.1, -0.05) is 84.9 Å². The molecule has 2 aliphatic rings. The van der Waals surface area contributed by atoms with Gasteiger partial charge in [0.2, 0.25) is 0 Å². The number of benzene rings is 3. The van der Waals surface area contributed by atoms with Gasteiger partial charge in [0.05, 0.1) is 0 Å². The molecule has 0 saturated carbocycles. The van der Waals surface area contributed by atoms with Crippen LogP contribution in [0.5, 0.6) is 0 Å². The first kappa shape index (κ1) is 22.3. The van der Waals surface area contributed by atoms with Crippen molar-refractivity contribution in [2.45, 2.75) is 25.4 Å². The second kappa shape index (κ2) is 10.2. The van der Waals surface area contributed by atoms with Crippen LogP contribution in [0.3, 0.4) is 0 Å². The fourth-order valence-corrected chi connectivity index (χ4v) is 4.84. The molecule has 32 heavy (non-hydrogen) atoms. The minimum absolute atomic E-state index is 0. The summed E-state index contributed by atoms with van der Waals surface area (Å²) >= 11 is 0. The van der Waals surface area contributed by atoms with Crippen molar-refractivity contribution in [2.24, 2.45) is 0 Å². The Morgan fingerprint density at radius 3 is 1.97 bits per heavy atom. The summed E-state index contributed by atoms with van der Waals surface area (Å²) in [4.78, 5) is 17.4. The Morgan fingerprint density at radius 1 is 0.812 bits per heavy atom. The second-order valence-corrected chi connectivity index (χ2v) is 8.47. The van der Waals surface area contributed by atoms with Crippen molar-refractivity contribution in [3.63, 3.8) is 0 Å². The number of halogens is 1. The highest BCUT2D eigenvalue weighted by Gasteiger charge is 2.33. The molecular weight excluding hydrogens is 416 g/mol. The fourth-order valence-electron chi connectivity index (χ4n) is 4.84. The van der Waals surface area contributed by atoms with Crippen LogP contribution in [0.4, 0.5) is 0 Å². The Morgan fingerprint density at radius 2 is 1.38 bits per heavy atom. The van der Waals surface area contributed by atoms with Crippen LogP contribution >= 0.6 is 12.4 Å². The molecule has 0 aliphatic carbocycles. The van der Waals surface area contributed by atoms with Gasteiger partial charge in [0.25, 0.3) is 5.91 Å². The van der Waals surface area contributed by atoms with E-state index in [4.69, 9.17) is 0 Å². The molecule has 0 bridgehead atoms. The lowest BCUT2D eigenvalue weighted by Crippen LogP contribution is -2.45. The molecule has 1 saturated heterocycles. The molecule has 164 valence electrons. The SMILES string of the molecule is Cl.O=C1c2ccccc2CN1C1CCN(CC=C(c2ccccc2)c2ccccc2)CC1. The number of likely N-dealkylation sites (tertiary alicyclic amines) is 1. The minimum Gasteiger partial charge on any atom is -0.331 e. The zero-order valence-corrected chi connectivity index (χ0v) is 19.0. The van der Waals surface area contributed by atoms with Gasteiger partial charge < -0.3 is 4.90 Å². The average Bonchev–Trinajstić information content (AvgIpc) is 3.18. The van der Waals surface area contributed by atoms with E-state index in [0.29, 0.717) is 6.04 Å². The van der Waals surface area contributed by atoms with Crippen LogP contribution in [0, 0.1) is 0 Å². The quantitative estimate of drug-likeness (QED) is 0.506. The van der Waals surface area contributed by atoms with Gasteiger partial charge in [-0.05, 0) is 41.2 Å². The van der Waals surface area contributed by atoms with E-state index in [1.807, 2.05) is 18.2 Å². The monoisotopic (exact) mass is 444 g/mol. The Hall–Kier alpha value is -2.88. The highest BCUT2D eigenvalue weighted by atomic mass is 35.5. The van der Waals surface area contributed by atoms with Crippen LogP contribution in [0.2, 0.25) is 0 Å². The number of amides is 1. The third-order valence-corrected chi connectivity index (χ3v) is 6.57. The fraction of sp³-hybridized carbons (Fsp3) is 0.250. The third-order valence-electron chi connectivity index (χ3n) is 6.57. The van der Waals surface area contributed by atoms with Gasteiger partial charge in [0.1, 0.15) is 0 Å². The standard InChI is InChI=1S/C28H28N2O.ClH/c31-28-27-14-8-7-13-24(27)21-30(28)25-15-18-29(19-16-25)20-17-26(22-9-3-1-4-10-22)23-11-5-2-6-12-23;/h1-14,17,25H,15-16,18-21H2;1H. The van der Waals surface area contributed by atoms with Gasteiger partial charge in [0, 0.05) is 37.8 Å². The van der Waals surface area contributed by atoms with Gasteiger partial charge in [0.15, 0.2) is 0 Å². The van der Waals surface area contributed by atoms with Crippen LogP contribution in [0.1, 0.15) is 39.9 Å². The highest BCUT2D eigenvalue weighted by molar-refractivity contribution is 5.98. The van der Waals surface area contributed by atoms with Gasteiger partial charge in [-0.3, -0.25) is 9.69 Å². The molecule has 3 nitrogen and oxygen atoms in total. The smallest absolute Gasteiger partial charge is 0.254 e. The lowest BCUT2D eigenvalue weighted by atomic mass is 9.97. The lowest BCUT2D eigenvalue weighted by Gasteiger charge is -2.36. The van der Waals surface area contributed by atoms with Gasteiger partial charge in [-0.15, -0.1) is 12.4 Å². The van der Waals surface area contributed by atoms with E-state index in [9.17, 15) is 4.79 Å². The van der Waals surface area contributed by atoms with Crippen molar-refractivity contribution in [3.05, 3.63) is 113 Å². The van der Waals surface area contributed by atoms with Crippen molar-refractivity contribution in [1.29, 1.82) is 0 Å². The van der Waals surface area contributed by atoms with E-state index in [1.54, 1.807) is 0 Å². The van der Waals surface area contributed by atoms with Gasteiger partial charge in [-0.25, -0.2) is 0 Å². The number of hydrogen-bond donors (Lipinski definition) is 0. The van der Waals surface area contributed by atoms with Crippen LogP contribution in [-0.2, 0) is 6.54 Å². The molecule has 5 rings (SSSR count). The third kappa shape index (κ3) is 4.64. The molecule has 2 heterocycles. The van der Waals surface area contributed by atoms with Crippen LogP contribution in [-0.4, -0.2) is 41.4 Å². The summed E-state index contributed by atoms with van der Waals surface area (Å²) in [5, 5.41) is 0. The van der Waals surface area contributed by atoms with Crippen molar-refractivity contribution in [1.82, 2.24) is 9.80 Å². The van der Waals surface area contributed by atoms with Gasteiger partial charge >= 0.3 is 0 Å². The molecule has 0 aromatic heterocycles. The summed E-state index contributed by atoms with van der Waals surface area (Å²) in [6.07, 6.45) is 4.45. The molecule has 0 N–H and O–H groups in total. The van der Waals surface area contributed by atoms with Crippen LogP contribution in [0.25, 0.3) is 5.57 Å². The zero-order valence-electron chi connectivity index (χ0n) is 18.2. The van der Waals surface area contributed by atoms with E-state index in [2.05, 4.69) is 82.6 Å². The molecule has 4 heteroatoms. The number of carbonyl (C=O) groups is 1. The van der Waals surface area contributed by atoms with E-state index in [0.717, 1.165) is 44.6 Å². The first-order chi connectivity index (χ1) is 15.3. The molecular formula is C28H29ClN2O. The van der Waals surface area contributed by atoms with Crippen LogP contribution < -0.4 is 0 Å². The van der Waals surface area contributed by atoms with Crippen LogP contribution in [0.15, 0.2) is 91.0 Å². The zero-order chi connectivity index (χ0) is 21.0. The number of nitrogens with zero attached hydrogens (tertiary/aromatic N) is 2. The maximum atomic E-state index is 12.8. The molecule has 1 amide bonds. The maximum Gasteiger partial charge on any atom is 0.254 e. The highest BCUT2D eigenvalue weighted by Crippen LogP contribution is 2.29. The molecule has 3 aromatic rings. The predicted molar refractivity (Wildman–Crippen MR) is 133 cm³/mol. The van der Waals surface area contributed by atoms with E-state index >= 15 is 0 Å². The topological polar surface area (TPSA) is 23.6 Å². The lowest BCUT2D eigenvalue weighted by molar-refractivity contribution is 0.0607. The molecule has 0 unspecified atom stereocenters. The van der Waals surface area contributed by atoms with Crippen molar-refractivity contribution in [3.8, 4) is 0 Å². The molecule has 0 atom stereocenters. The maximum absolute atomic E-state index is 12.8. The Kier molecular flexibility index (Phi) is 7.09. The Balaban J connectivity index is 0.00000245. The summed E-state index contributed by atoms with van der Waals surface area (Å²) in [5.74, 6) is 0.212. The molecule has 0 radical (unpaired) electrons. The number of rotatable bonds is 5. The number of fused-ring (bicyclic) bond motifs is 1. The van der Waals surface area contributed by atoms with E-state index in [1.165, 1.54) is 22.3 Å². The van der Waals surface area contributed by atoms with Gasteiger partial charge in [-0.2, -0.15) is 0 Å². The second-order valence-electron chi connectivity index (χ2n) is 8.47. The first-order valence-electron chi connectivity index (χ1n) is 11.2. The Labute approximate surface area is 196 Å².